The van der Waals surface area contributed by atoms with Crippen LogP contribution in [-0.4, -0.2) is 11.9 Å². The van der Waals surface area contributed by atoms with Gasteiger partial charge in [-0.25, -0.2) is 9.59 Å². The van der Waals surface area contributed by atoms with Gasteiger partial charge in [-0.05, 0) is 74.8 Å². The van der Waals surface area contributed by atoms with Crippen molar-refractivity contribution in [1.82, 2.24) is 0 Å². The van der Waals surface area contributed by atoms with Crippen LogP contribution in [0.25, 0.3) is 0 Å². The van der Waals surface area contributed by atoms with Gasteiger partial charge in [-0.3, -0.25) is 0 Å². The second-order valence-corrected chi connectivity index (χ2v) is 6.48. The smallest absolute Gasteiger partial charge is 0.343 e. The predicted molar refractivity (Wildman–Crippen MR) is 113 cm³/mol. The van der Waals surface area contributed by atoms with Gasteiger partial charge in [0.15, 0.2) is 0 Å². The SMILES string of the molecule is C=C(/C=C(/C)C(=C)C)OC(=O)C(=C)/C=C\C(=C)OC(=O)c1ccc(C)c(C)c1. The average molecular weight is 378 g/mol. The maximum Gasteiger partial charge on any atom is 0.343 e. The van der Waals surface area contributed by atoms with Crippen LogP contribution in [0.5, 0.6) is 0 Å². The lowest BCUT2D eigenvalue weighted by atomic mass is 10.1. The predicted octanol–water partition coefficient (Wildman–Crippen LogP) is 5.67. The summed E-state index contributed by atoms with van der Waals surface area (Å²) < 4.78 is 10.3. The summed E-state index contributed by atoms with van der Waals surface area (Å²) in [6, 6.07) is 5.28. The van der Waals surface area contributed by atoms with Crippen LogP contribution in [0, 0.1) is 13.8 Å². The van der Waals surface area contributed by atoms with Crippen molar-refractivity contribution in [3.8, 4) is 0 Å². The Hall–Kier alpha value is -3.40. The summed E-state index contributed by atoms with van der Waals surface area (Å²) in [5, 5.41) is 0. The number of hydrogen-bond donors (Lipinski definition) is 0. The summed E-state index contributed by atoms with van der Waals surface area (Å²) in [5.74, 6) is -0.936. The van der Waals surface area contributed by atoms with Gasteiger partial charge in [-0.1, -0.05) is 38.0 Å². The Labute approximate surface area is 166 Å². The second kappa shape index (κ2) is 10.1. The standard InChI is InChI=1S/C24H26O4/c1-15(2)18(5)13-21(8)28-23(25)17(4)9-11-20(7)27-24(26)22-12-10-16(3)19(6)14-22/h9-14H,1,4,7-8H2,2-3,5-6H3/b11-9-,18-13-. The fourth-order valence-corrected chi connectivity index (χ4v) is 1.92. The van der Waals surface area contributed by atoms with E-state index in [1.807, 2.05) is 33.8 Å². The third kappa shape index (κ3) is 7.08. The number of carbonyl (C=O) groups is 2. The first-order valence-corrected chi connectivity index (χ1v) is 8.62. The molecule has 0 aliphatic rings. The van der Waals surface area contributed by atoms with Crippen molar-refractivity contribution >= 4 is 11.9 Å². The Balaban J connectivity index is 2.64. The molecule has 4 nitrogen and oxygen atoms in total. The largest absolute Gasteiger partial charge is 0.424 e. The number of benzene rings is 1. The van der Waals surface area contributed by atoms with Crippen LogP contribution >= 0.6 is 0 Å². The number of esters is 2. The third-order valence-electron chi connectivity index (χ3n) is 3.97. The monoisotopic (exact) mass is 378 g/mol. The third-order valence-corrected chi connectivity index (χ3v) is 3.97. The molecule has 0 saturated carbocycles. The normalized spacial score (nSPS) is 11.1. The van der Waals surface area contributed by atoms with Crippen LogP contribution < -0.4 is 0 Å². The van der Waals surface area contributed by atoms with E-state index in [2.05, 4.69) is 26.3 Å². The molecule has 0 fully saturated rings. The minimum absolute atomic E-state index is 0.0610. The van der Waals surface area contributed by atoms with Gasteiger partial charge in [0.2, 0.25) is 0 Å². The highest BCUT2D eigenvalue weighted by Gasteiger charge is 2.10. The zero-order chi connectivity index (χ0) is 21.4. The molecule has 0 bridgehead atoms. The number of ether oxygens (including phenoxy) is 2. The Morgan fingerprint density at radius 3 is 2.11 bits per heavy atom. The molecule has 0 aromatic heterocycles. The highest BCUT2D eigenvalue weighted by atomic mass is 16.5. The van der Waals surface area contributed by atoms with Crippen molar-refractivity contribution in [1.29, 1.82) is 0 Å². The van der Waals surface area contributed by atoms with E-state index in [-0.39, 0.29) is 17.1 Å². The first kappa shape index (κ1) is 22.6. The fourth-order valence-electron chi connectivity index (χ4n) is 1.92. The van der Waals surface area contributed by atoms with E-state index in [1.54, 1.807) is 18.2 Å². The molecule has 0 amide bonds. The molecule has 1 aromatic carbocycles. The molecule has 0 radical (unpaired) electrons. The molecule has 0 unspecified atom stereocenters. The fraction of sp³-hybridized carbons (Fsp3) is 0.167. The van der Waals surface area contributed by atoms with E-state index in [4.69, 9.17) is 9.47 Å². The second-order valence-electron chi connectivity index (χ2n) is 6.48. The number of allylic oxidation sites excluding steroid dienone is 4. The molecule has 0 heterocycles. The maximum absolute atomic E-state index is 12.1. The van der Waals surface area contributed by atoms with Crippen molar-refractivity contribution in [2.75, 3.05) is 0 Å². The molecule has 0 aliphatic carbocycles. The van der Waals surface area contributed by atoms with Crippen molar-refractivity contribution in [2.24, 2.45) is 0 Å². The van der Waals surface area contributed by atoms with Crippen LogP contribution in [0.1, 0.15) is 35.3 Å². The Morgan fingerprint density at radius 1 is 0.893 bits per heavy atom. The Kier molecular flexibility index (Phi) is 8.14. The summed E-state index contributed by atoms with van der Waals surface area (Å²) >= 11 is 0. The number of hydrogen-bond acceptors (Lipinski definition) is 4. The molecular weight excluding hydrogens is 352 g/mol. The molecule has 0 N–H and O–H groups in total. The molecule has 0 saturated heterocycles. The molecule has 0 spiro atoms. The minimum atomic E-state index is -0.666. The van der Waals surface area contributed by atoms with Gasteiger partial charge >= 0.3 is 11.9 Å². The van der Waals surface area contributed by atoms with Gasteiger partial charge in [0.1, 0.15) is 11.5 Å². The van der Waals surface area contributed by atoms with E-state index < -0.39 is 11.9 Å². The lowest BCUT2D eigenvalue weighted by Crippen LogP contribution is -2.06. The van der Waals surface area contributed by atoms with E-state index >= 15 is 0 Å². The van der Waals surface area contributed by atoms with Gasteiger partial charge in [0.25, 0.3) is 0 Å². The number of aryl methyl sites for hydroxylation is 2. The molecular formula is C24H26O4. The molecule has 28 heavy (non-hydrogen) atoms. The summed E-state index contributed by atoms with van der Waals surface area (Å²) in [7, 11) is 0. The van der Waals surface area contributed by atoms with Crippen LogP contribution in [-0.2, 0) is 14.3 Å². The van der Waals surface area contributed by atoms with Gasteiger partial charge in [0.05, 0.1) is 11.1 Å². The molecule has 0 aliphatic heterocycles. The highest BCUT2D eigenvalue weighted by molar-refractivity contribution is 5.92. The lowest BCUT2D eigenvalue weighted by Gasteiger charge is -2.07. The first-order chi connectivity index (χ1) is 13.0. The van der Waals surface area contributed by atoms with Crippen molar-refractivity contribution in [2.45, 2.75) is 27.7 Å². The lowest BCUT2D eigenvalue weighted by molar-refractivity contribution is -0.134. The van der Waals surface area contributed by atoms with Gasteiger partial charge < -0.3 is 9.47 Å². The topological polar surface area (TPSA) is 52.6 Å². The summed E-state index contributed by atoms with van der Waals surface area (Å²) in [5.41, 5.74) is 4.25. The van der Waals surface area contributed by atoms with Crippen LogP contribution in [0.2, 0.25) is 0 Å². The minimum Gasteiger partial charge on any atom is -0.424 e. The van der Waals surface area contributed by atoms with Crippen LogP contribution in [0.4, 0.5) is 0 Å². The molecule has 146 valence electrons. The van der Waals surface area contributed by atoms with Crippen LogP contribution in [0.3, 0.4) is 0 Å². The van der Waals surface area contributed by atoms with E-state index in [9.17, 15) is 9.59 Å². The number of rotatable bonds is 8. The number of carbonyl (C=O) groups excluding carboxylic acids is 2. The highest BCUT2D eigenvalue weighted by Crippen LogP contribution is 2.14. The Morgan fingerprint density at radius 2 is 1.54 bits per heavy atom. The maximum atomic E-state index is 12.1. The summed E-state index contributed by atoms with van der Waals surface area (Å²) in [6.07, 6.45) is 4.35. The molecule has 1 rings (SSSR count). The Bertz CT molecular complexity index is 911. The van der Waals surface area contributed by atoms with E-state index in [0.29, 0.717) is 5.56 Å². The van der Waals surface area contributed by atoms with E-state index in [0.717, 1.165) is 22.3 Å². The van der Waals surface area contributed by atoms with Crippen LogP contribution in [0.15, 0.2) is 91.0 Å². The summed E-state index contributed by atoms with van der Waals surface area (Å²) in [6.45, 7) is 22.3. The van der Waals surface area contributed by atoms with Gasteiger partial charge in [-0.2, -0.15) is 0 Å². The van der Waals surface area contributed by atoms with Gasteiger partial charge in [-0.15, -0.1) is 0 Å². The molecule has 4 heteroatoms. The van der Waals surface area contributed by atoms with E-state index in [1.165, 1.54) is 12.2 Å². The average Bonchev–Trinajstić information content (AvgIpc) is 2.61. The van der Waals surface area contributed by atoms with Crippen molar-refractivity contribution in [3.05, 3.63) is 108 Å². The van der Waals surface area contributed by atoms with Gasteiger partial charge in [0, 0.05) is 0 Å². The van der Waals surface area contributed by atoms with Crippen molar-refractivity contribution < 1.29 is 19.1 Å². The zero-order valence-electron chi connectivity index (χ0n) is 16.9. The molecule has 1 aromatic rings. The van der Waals surface area contributed by atoms with Crippen molar-refractivity contribution in [3.63, 3.8) is 0 Å². The zero-order valence-corrected chi connectivity index (χ0v) is 16.9. The molecule has 0 atom stereocenters. The quantitative estimate of drug-likeness (QED) is 0.253. The first-order valence-electron chi connectivity index (χ1n) is 8.62. The summed E-state index contributed by atoms with van der Waals surface area (Å²) in [4.78, 5) is 24.2.